The van der Waals surface area contributed by atoms with Crippen LogP contribution in [-0.4, -0.2) is 11.7 Å². The Morgan fingerprint density at radius 3 is 1.88 bits per heavy atom. The molecule has 2 nitrogen and oxygen atoms in total. The first-order valence-electron chi connectivity index (χ1n) is 7.97. The molecule has 0 unspecified atom stereocenters. The minimum absolute atomic E-state index is 0.343. The molecule has 4 rings (SSSR count). The van der Waals surface area contributed by atoms with Gasteiger partial charge in [-0.1, -0.05) is 78.9 Å². The van der Waals surface area contributed by atoms with Crippen LogP contribution in [0.1, 0.15) is 16.7 Å². The summed E-state index contributed by atoms with van der Waals surface area (Å²) in [5.74, 6) is 1.12. The van der Waals surface area contributed by atoms with E-state index in [1.807, 2.05) is 18.2 Å². The number of amidine groups is 1. The molecule has 0 atom stereocenters. The third-order valence-electron chi connectivity index (χ3n) is 4.41. The zero-order chi connectivity index (χ0) is 16.4. The number of hydrogen-bond acceptors (Lipinski definition) is 2. The van der Waals surface area contributed by atoms with Crippen LogP contribution in [0.15, 0.2) is 89.9 Å². The predicted octanol–water partition coefficient (Wildman–Crippen LogP) is 5.04. The quantitative estimate of drug-likeness (QED) is 0.667. The van der Waals surface area contributed by atoms with Crippen molar-refractivity contribution >= 4 is 23.1 Å². The van der Waals surface area contributed by atoms with Crippen LogP contribution < -0.4 is 5.32 Å². The number of nitrogens with zero attached hydrogens (tertiary/aromatic N) is 1. The number of para-hydroxylation sites is 1. The van der Waals surface area contributed by atoms with Crippen LogP contribution in [0.4, 0.5) is 5.69 Å². The smallest absolute Gasteiger partial charge is 0.140 e. The van der Waals surface area contributed by atoms with Gasteiger partial charge in [0.25, 0.3) is 0 Å². The molecule has 24 heavy (non-hydrogen) atoms. The zero-order valence-electron chi connectivity index (χ0n) is 13.1. The first kappa shape index (κ1) is 15.0. The predicted molar refractivity (Wildman–Crippen MR) is 101 cm³/mol. The number of fused-ring (bicyclic) bond motifs is 1. The molecule has 1 heterocycles. The van der Waals surface area contributed by atoms with Crippen LogP contribution >= 0.6 is 11.6 Å². The molecule has 3 aromatic rings. The lowest BCUT2D eigenvalue weighted by Crippen LogP contribution is -2.36. The molecule has 0 spiro atoms. The van der Waals surface area contributed by atoms with E-state index in [1.54, 1.807) is 0 Å². The second kappa shape index (κ2) is 6.14. The highest BCUT2D eigenvalue weighted by molar-refractivity contribution is 6.30. The Balaban J connectivity index is 2.09. The summed E-state index contributed by atoms with van der Waals surface area (Å²) in [6, 6.07) is 29.1. The molecular formula is C21H17ClN2. The van der Waals surface area contributed by atoms with Gasteiger partial charge in [0.15, 0.2) is 0 Å². The van der Waals surface area contributed by atoms with E-state index < -0.39 is 5.54 Å². The number of aliphatic imine (C=N–C) groups is 1. The molecule has 1 N–H and O–H groups in total. The number of alkyl halides is 1. The van der Waals surface area contributed by atoms with Crippen LogP contribution in [0, 0.1) is 0 Å². The molecule has 3 aromatic carbocycles. The monoisotopic (exact) mass is 332 g/mol. The van der Waals surface area contributed by atoms with Gasteiger partial charge in [-0.15, -0.1) is 11.6 Å². The van der Waals surface area contributed by atoms with Crippen LogP contribution in [0.3, 0.4) is 0 Å². The van der Waals surface area contributed by atoms with Crippen molar-refractivity contribution in [3.63, 3.8) is 0 Å². The lowest BCUT2D eigenvalue weighted by atomic mass is 9.76. The normalized spacial score (nSPS) is 15.1. The van der Waals surface area contributed by atoms with E-state index in [1.165, 1.54) is 0 Å². The summed E-state index contributed by atoms with van der Waals surface area (Å²) in [4.78, 5) is 5.09. The number of anilines is 1. The largest absolute Gasteiger partial charge is 0.343 e. The van der Waals surface area contributed by atoms with Crippen molar-refractivity contribution in [2.45, 2.75) is 5.54 Å². The van der Waals surface area contributed by atoms with E-state index in [4.69, 9.17) is 16.6 Å². The van der Waals surface area contributed by atoms with Crippen molar-refractivity contribution in [1.82, 2.24) is 0 Å². The van der Waals surface area contributed by atoms with Crippen molar-refractivity contribution < 1.29 is 0 Å². The standard InChI is InChI=1S/C21H17ClN2/c22-15-20-23-19-14-8-7-13-18(19)21(24-20,16-9-3-1-4-10-16)17-11-5-2-6-12-17/h1-14H,15H2,(H,23,24). The van der Waals surface area contributed by atoms with Gasteiger partial charge in [-0.25, -0.2) is 4.99 Å². The van der Waals surface area contributed by atoms with Gasteiger partial charge >= 0.3 is 0 Å². The van der Waals surface area contributed by atoms with Gasteiger partial charge in [0.05, 0.1) is 5.88 Å². The highest BCUT2D eigenvalue weighted by Crippen LogP contribution is 2.45. The molecule has 0 aromatic heterocycles. The Bertz CT molecular complexity index is 833. The van der Waals surface area contributed by atoms with E-state index >= 15 is 0 Å². The van der Waals surface area contributed by atoms with Gasteiger partial charge in [0.2, 0.25) is 0 Å². The van der Waals surface area contributed by atoms with Crippen molar-refractivity contribution in [2.75, 3.05) is 11.2 Å². The van der Waals surface area contributed by atoms with Crippen molar-refractivity contribution in [3.8, 4) is 0 Å². The average Bonchev–Trinajstić information content (AvgIpc) is 2.68. The first-order valence-corrected chi connectivity index (χ1v) is 8.50. The first-order chi connectivity index (χ1) is 11.8. The SMILES string of the molecule is ClCC1=NC(c2ccccc2)(c2ccccc2)c2ccccc2N1. The van der Waals surface area contributed by atoms with E-state index in [0.29, 0.717) is 5.88 Å². The fourth-order valence-corrected chi connectivity index (χ4v) is 3.51. The van der Waals surface area contributed by atoms with E-state index in [0.717, 1.165) is 28.2 Å². The molecule has 0 aliphatic carbocycles. The highest BCUT2D eigenvalue weighted by Gasteiger charge is 2.40. The van der Waals surface area contributed by atoms with Gasteiger partial charge in [-0.2, -0.15) is 0 Å². The molecule has 1 aliphatic heterocycles. The maximum atomic E-state index is 6.16. The van der Waals surface area contributed by atoms with Crippen molar-refractivity contribution in [2.24, 2.45) is 4.99 Å². The second-order valence-corrected chi connectivity index (χ2v) is 6.07. The maximum absolute atomic E-state index is 6.16. The van der Waals surface area contributed by atoms with Gasteiger partial charge < -0.3 is 5.32 Å². The number of benzene rings is 3. The second-order valence-electron chi connectivity index (χ2n) is 5.81. The molecule has 0 amide bonds. The summed E-state index contributed by atoms with van der Waals surface area (Å²) in [6.45, 7) is 0. The van der Waals surface area contributed by atoms with Crippen LogP contribution in [0.5, 0.6) is 0 Å². The molecule has 3 heteroatoms. The van der Waals surface area contributed by atoms with Gasteiger partial charge in [0, 0.05) is 11.3 Å². The molecule has 1 aliphatic rings. The minimum Gasteiger partial charge on any atom is -0.343 e. The van der Waals surface area contributed by atoms with Gasteiger partial charge in [0.1, 0.15) is 11.4 Å². The number of rotatable bonds is 3. The Morgan fingerprint density at radius 1 is 0.750 bits per heavy atom. The highest BCUT2D eigenvalue weighted by atomic mass is 35.5. The van der Waals surface area contributed by atoms with E-state index in [9.17, 15) is 0 Å². The Morgan fingerprint density at radius 2 is 1.29 bits per heavy atom. The molecule has 118 valence electrons. The Labute approximate surface area is 146 Å². The third-order valence-corrected chi connectivity index (χ3v) is 4.66. The number of hydrogen-bond donors (Lipinski definition) is 1. The van der Waals surface area contributed by atoms with Gasteiger partial charge in [-0.3, -0.25) is 0 Å². The maximum Gasteiger partial charge on any atom is 0.140 e. The summed E-state index contributed by atoms with van der Waals surface area (Å²) in [5, 5.41) is 3.36. The summed E-state index contributed by atoms with van der Waals surface area (Å²) in [7, 11) is 0. The van der Waals surface area contributed by atoms with Crippen molar-refractivity contribution in [3.05, 3.63) is 102 Å². The molecule has 0 fully saturated rings. The Kier molecular flexibility index (Phi) is 3.83. The summed E-state index contributed by atoms with van der Waals surface area (Å²) < 4.78 is 0. The molecule has 0 bridgehead atoms. The summed E-state index contributed by atoms with van der Waals surface area (Å²) in [6.07, 6.45) is 0. The molecule has 0 saturated carbocycles. The van der Waals surface area contributed by atoms with E-state index in [-0.39, 0.29) is 0 Å². The molecular weight excluding hydrogens is 316 g/mol. The Hall–Kier alpha value is -2.58. The fourth-order valence-electron chi connectivity index (χ4n) is 3.38. The fraction of sp³-hybridized carbons (Fsp3) is 0.0952. The molecule has 0 radical (unpaired) electrons. The van der Waals surface area contributed by atoms with E-state index in [2.05, 4.69) is 72.0 Å². The topological polar surface area (TPSA) is 24.4 Å². The molecule has 0 saturated heterocycles. The number of nitrogens with one attached hydrogen (secondary N) is 1. The average molecular weight is 333 g/mol. The third kappa shape index (κ3) is 2.31. The van der Waals surface area contributed by atoms with Gasteiger partial charge in [-0.05, 0) is 17.2 Å². The summed E-state index contributed by atoms with van der Waals surface area (Å²) in [5.41, 5.74) is 3.86. The van der Waals surface area contributed by atoms with Crippen LogP contribution in [-0.2, 0) is 5.54 Å². The van der Waals surface area contributed by atoms with Crippen LogP contribution in [0.2, 0.25) is 0 Å². The lowest BCUT2D eigenvalue weighted by molar-refractivity contribution is 0.651. The zero-order valence-corrected chi connectivity index (χ0v) is 13.9. The lowest BCUT2D eigenvalue weighted by Gasteiger charge is -2.37. The van der Waals surface area contributed by atoms with Crippen LogP contribution in [0.25, 0.3) is 0 Å². The summed E-state index contributed by atoms with van der Waals surface area (Å²) >= 11 is 6.16. The van der Waals surface area contributed by atoms with Crippen molar-refractivity contribution in [1.29, 1.82) is 0 Å². The minimum atomic E-state index is -0.589. The number of halogens is 1.